The van der Waals surface area contributed by atoms with Gasteiger partial charge in [0.1, 0.15) is 11.5 Å². The molecular formula is C27H32O6. The van der Waals surface area contributed by atoms with Crippen molar-refractivity contribution in [2.75, 3.05) is 0 Å². The molecule has 6 nitrogen and oxygen atoms in total. The highest BCUT2D eigenvalue weighted by Crippen LogP contribution is 2.51. The summed E-state index contributed by atoms with van der Waals surface area (Å²) in [5.41, 5.74) is 0.202. The van der Waals surface area contributed by atoms with Crippen LogP contribution in [0.1, 0.15) is 70.1 Å². The Balaban J connectivity index is 1.81. The third kappa shape index (κ3) is 3.46. The van der Waals surface area contributed by atoms with Gasteiger partial charge in [-0.2, -0.15) is 0 Å². The first-order valence-electron chi connectivity index (χ1n) is 11.8. The molecule has 4 rings (SSSR count). The number of carbonyl (C=O) groups is 3. The number of allylic oxidation sites excluding steroid dienone is 1. The summed E-state index contributed by atoms with van der Waals surface area (Å²) in [6.07, 6.45) is 3.92. The molecule has 4 atom stereocenters. The molecule has 0 saturated heterocycles. The highest BCUT2D eigenvalue weighted by atomic mass is 16.3. The second-order valence-electron chi connectivity index (χ2n) is 10.1. The van der Waals surface area contributed by atoms with Crippen molar-refractivity contribution in [1.82, 2.24) is 0 Å². The lowest BCUT2D eigenvalue weighted by molar-refractivity contribution is -0.157. The number of Topliss-reactive ketones (excluding diaryl/α,β-unsaturated/α-hetero) is 3. The molecule has 3 aliphatic carbocycles. The zero-order valence-electron chi connectivity index (χ0n) is 19.7. The number of phenolic OH excluding ortho intramolecular Hbond substituents is 1. The molecule has 0 aliphatic heterocycles. The summed E-state index contributed by atoms with van der Waals surface area (Å²) in [7, 11) is 0. The number of aromatic hydroxyl groups is 1. The molecule has 1 aromatic rings. The molecule has 1 fully saturated rings. The minimum atomic E-state index is -2.36. The van der Waals surface area contributed by atoms with Gasteiger partial charge >= 0.3 is 0 Å². The molecular weight excluding hydrogens is 420 g/mol. The summed E-state index contributed by atoms with van der Waals surface area (Å²) in [6.45, 7) is 7.28. The van der Waals surface area contributed by atoms with Crippen LogP contribution in [0.15, 0.2) is 28.9 Å². The Labute approximate surface area is 194 Å². The number of hydrogen-bond donors (Lipinski definition) is 3. The minimum absolute atomic E-state index is 0.00793. The Kier molecular flexibility index (Phi) is 5.85. The van der Waals surface area contributed by atoms with Crippen LogP contribution in [0.25, 0.3) is 5.76 Å². The highest BCUT2D eigenvalue weighted by Gasteiger charge is 2.60. The zero-order chi connectivity index (χ0) is 24.2. The van der Waals surface area contributed by atoms with E-state index in [2.05, 4.69) is 13.8 Å². The van der Waals surface area contributed by atoms with E-state index in [9.17, 15) is 29.7 Å². The monoisotopic (exact) mass is 452 g/mol. The maximum absolute atomic E-state index is 13.6. The van der Waals surface area contributed by atoms with Crippen molar-refractivity contribution in [1.29, 1.82) is 0 Å². The van der Waals surface area contributed by atoms with Crippen LogP contribution in [0, 0.1) is 17.8 Å². The molecule has 0 amide bonds. The van der Waals surface area contributed by atoms with Crippen molar-refractivity contribution < 1.29 is 29.7 Å². The van der Waals surface area contributed by atoms with E-state index in [4.69, 9.17) is 0 Å². The number of phenols is 1. The van der Waals surface area contributed by atoms with Gasteiger partial charge in [0.15, 0.2) is 11.4 Å². The van der Waals surface area contributed by atoms with Gasteiger partial charge in [-0.25, -0.2) is 0 Å². The predicted octanol–water partition coefficient (Wildman–Crippen LogP) is 4.01. The van der Waals surface area contributed by atoms with E-state index in [1.54, 1.807) is 6.92 Å². The van der Waals surface area contributed by atoms with Gasteiger partial charge < -0.3 is 15.3 Å². The summed E-state index contributed by atoms with van der Waals surface area (Å²) < 4.78 is 0. The fourth-order valence-electron chi connectivity index (χ4n) is 5.93. The molecule has 0 bridgehead atoms. The number of aryl methyl sites for hydroxylation is 1. The molecule has 1 unspecified atom stereocenters. The first-order valence-corrected chi connectivity index (χ1v) is 11.8. The minimum Gasteiger partial charge on any atom is -0.507 e. The van der Waals surface area contributed by atoms with Crippen LogP contribution in [0.5, 0.6) is 5.75 Å². The van der Waals surface area contributed by atoms with Crippen LogP contribution in [0.3, 0.4) is 0 Å². The van der Waals surface area contributed by atoms with Crippen molar-refractivity contribution in [3.05, 3.63) is 45.5 Å². The second-order valence-corrected chi connectivity index (χ2v) is 10.1. The van der Waals surface area contributed by atoms with Crippen molar-refractivity contribution in [2.45, 2.75) is 71.8 Å². The van der Waals surface area contributed by atoms with Gasteiger partial charge in [-0.15, -0.1) is 0 Å². The maximum Gasteiger partial charge on any atom is 0.206 e. The van der Waals surface area contributed by atoms with E-state index in [0.29, 0.717) is 24.3 Å². The Bertz CT molecular complexity index is 1120. The van der Waals surface area contributed by atoms with Gasteiger partial charge in [0.2, 0.25) is 11.6 Å². The van der Waals surface area contributed by atoms with Gasteiger partial charge in [0, 0.05) is 11.5 Å². The topological polar surface area (TPSA) is 112 Å². The molecule has 6 heteroatoms. The third-order valence-electron chi connectivity index (χ3n) is 8.00. The number of ketones is 3. The van der Waals surface area contributed by atoms with Crippen molar-refractivity contribution in [3.8, 4) is 5.75 Å². The van der Waals surface area contributed by atoms with E-state index in [-0.39, 0.29) is 40.6 Å². The molecule has 1 aromatic carbocycles. The molecule has 33 heavy (non-hydrogen) atoms. The Hall–Kier alpha value is -2.73. The zero-order valence-corrected chi connectivity index (χ0v) is 19.7. The van der Waals surface area contributed by atoms with Gasteiger partial charge in [0.05, 0.1) is 11.1 Å². The van der Waals surface area contributed by atoms with E-state index >= 15 is 0 Å². The fraction of sp³-hybridized carbons (Fsp3) is 0.519. The SMILES string of the molecule is CCC(C)CCc1ccc(O)c2c1C[C@H]1C[C@H]3CC(C)=C(C(C)=O)C(=O)[C@@]3(O)C(=O)C1=C2O. The molecule has 3 N–H and O–H groups in total. The predicted molar refractivity (Wildman–Crippen MR) is 124 cm³/mol. The van der Waals surface area contributed by atoms with Crippen LogP contribution in [0.4, 0.5) is 0 Å². The summed E-state index contributed by atoms with van der Waals surface area (Å²) in [4.78, 5) is 38.8. The lowest BCUT2D eigenvalue weighted by Gasteiger charge is -2.46. The lowest BCUT2D eigenvalue weighted by atomic mass is 9.57. The van der Waals surface area contributed by atoms with Gasteiger partial charge in [-0.1, -0.05) is 31.9 Å². The van der Waals surface area contributed by atoms with E-state index in [1.807, 2.05) is 6.07 Å². The third-order valence-corrected chi connectivity index (χ3v) is 8.00. The van der Waals surface area contributed by atoms with Gasteiger partial charge in [-0.05, 0) is 75.0 Å². The number of fused-ring (bicyclic) bond motifs is 3. The standard InChI is InChI=1S/C27H32O6/c1-5-13(2)6-7-16-8-9-20(29)23-19(16)12-17-11-18-10-14(3)21(15(4)28)25(31)27(18,33)26(32)22(17)24(23)30/h8-9,13,17-18,29-30,33H,5-7,10-12H2,1-4H3/t13?,17-,18-,27-/m1/s1. The summed E-state index contributed by atoms with van der Waals surface area (Å²) in [5, 5.41) is 33.1. The number of aliphatic hydroxyl groups excluding tert-OH is 1. The summed E-state index contributed by atoms with van der Waals surface area (Å²) >= 11 is 0. The van der Waals surface area contributed by atoms with Crippen LogP contribution >= 0.6 is 0 Å². The smallest absolute Gasteiger partial charge is 0.206 e. The number of rotatable bonds is 5. The van der Waals surface area contributed by atoms with Crippen LogP contribution in [-0.2, 0) is 27.2 Å². The number of benzene rings is 1. The van der Waals surface area contributed by atoms with E-state index in [1.165, 1.54) is 13.0 Å². The molecule has 1 saturated carbocycles. The number of carbonyl (C=O) groups excluding carboxylic acids is 3. The first kappa shape index (κ1) is 23.4. The Morgan fingerprint density at radius 3 is 2.52 bits per heavy atom. The Morgan fingerprint density at radius 2 is 1.88 bits per heavy atom. The molecule has 0 aromatic heterocycles. The second kappa shape index (κ2) is 8.24. The molecule has 176 valence electrons. The number of hydrogen-bond acceptors (Lipinski definition) is 6. The van der Waals surface area contributed by atoms with E-state index in [0.717, 1.165) is 30.4 Å². The van der Waals surface area contributed by atoms with Crippen molar-refractivity contribution in [2.24, 2.45) is 17.8 Å². The van der Waals surface area contributed by atoms with Gasteiger partial charge in [0.25, 0.3) is 0 Å². The highest BCUT2D eigenvalue weighted by molar-refractivity contribution is 6.33. The average molecular weight is 453 g/mol. The summed E-state index contributed by atoms with van der Waals surface area (Å²) in [5.74, 6) is -3.14. The average Bonchev–Trinajstić information content (AvgIpc) is 2.75. The fourth-order valence-corrected chi connectivity index (χ4v) is 5.93. The number of aliphatic hydroxyl groups is 2. The van der Waals surface area contributed by atoms with Crippen molar-refractivity contribution in [3.63, 3.8) is 0 Å². The first-order chi connectivity index (χ1) is 15.5. The largest absolute Gasteiger partial charge is 0.507 e. The lowest BCUT2D eigenvalue weighted by Crippen LogP contribution is -2.61. The van der Waals surface area contributed by atoms with Crippen LogP contribution in [0.2, 0.25) is 0 Å². The molecule has 0 spiro atoms. The Morgan fingerprint density at radius 1 is 1.18 bits per heavy atom. The molecule has 0 radical (unpaired) electrons. The normalized spacial score (nSPS) is 27.8. The molecule has 0 heterocycles. The van der Waals surface area contributed by atoms with Crippen LogP contribution < -0.4 is 0 Å². The maximum atomic E-state index is 13.6. The molecule has 3 aliphatic rings. The quantitative estimate of drug-likeness (QED) is 0.460. The van der Waals surface area contributed by atoms with Crippen LogP contribution in [-0.4, -0.2) is 38.3 Å². The summed E-state index contributed by atoms with van der Waals surface area (Å²) in [6, 6.07) is 3.41. The van der Waals surface area contributed by atoms with Gasteiger partial charge in [-0.3, -0.25) is 14.4 Å². The van der Waals surface area contributed by atoms with E-state index < -0.39 is 28.9 Å². The van der Waals surface area contributed by atoms with Crippen molar-refractivity contribution >= 4 is 23.1 Å².